The van der Waals surface area contributed by atoms with Crippen molar-refractivity contribution in [3.05, 3.63) is 42.0 Å². The van der Waals surface area contributed by atoms with Crippen LogP contribution in [0.5, 0.6) is 0 Å². The van der Waals surface area contributed by atoms with E-state index in [0.717, 1.165) is 6.07 Å². The fourth-order valence-electron chi connectivity index (χ4n) is 2.01. The van der Waals surface area contributed by atoms with Crippen LogP contribution in [0.4, 0.5) is 13.2 Å². The van der Waals surface area contributed by atoms with Crippen LogP contribution in [0.15, 0.2) is 30.6 Å². The lowest BCUT2D eigenvalue weighted by Gasteiger charge is -2.09. The molecule has 112 valence electrons. The summed E-state index contributed by atoms with van der Waals surface area (Å²) in [5.74, 6) is -1.97. The molecule has 7 heteroatoms. The van der Waals surface area contributed by atoms with E-state index in [2.05, 4.69) is 5.10 Å². The predicted molar refractivity (Wildman–Crippen MR) is 69.5 cm³/mol. The summed E-state index contributed by atoms with van der Waals surface area (Å²) >= 11 is 0. The van der Waals surface area contributed by atoms with E-state index in [1.807, 2.05) is 0 Å². The Hall–Kier alpha value is -2.31. The molecule has 2 aromatic rings. The fraction of sp³-hybridized carbons (Fsp3) is 0.286. The first kappa shape index (κ1) is 15.1. The molecule has 4 nitrogen and oxygen atoms in total. The van der Waals surface area contributed by atoms with E-state index in [4.69, 9.17) is 5.11 Å². The van der Waals surface area contributed by atoms with Gasteiger partial charge in [0.05, 0.1) is 24.2 Å². The van der Waals surface area contributed by atoms with Crippen LogP contribution in [0.2, 0.25) is 0 Å². The number of halogens is 3. The number of aromatic nitrogens is 2. The minimum Gasteiger partial charge on any atom is -0.481 e. The molecule has 0 amide bonds. The van der Waals surface area contributed by atoms with Crippen molar-refractivity contribution in [1.82, 2.24) is 9.78 Å². The van der Waals surface area contributed by atoms with Gasteiger partial charge < -0.3 is 5.11 Å². The lowest BCUT2D eigenvalue weighted by Crippen LogP contribution is -2.10. The van der Waals surface area contributed by atoms with Crippen LogP contribution in [-0.2, 0) is 4.79 Å². The van der Waals surface area contributed by atoms with E-state index < -0.39 is 29.8 Å². The first-order valence-corrected chi connectivity index (χ1v) is 6.23. The van der Waals surface area contributed by atoms with Crippen molar-refractivity contribution in [3.8, 4) is 11.1 Å². The van der Waals surface area contributed by atoms with Crippen LogP contribution in [0, 0.1) is 5.82 Å². The van der Waals surface area contributed by atoms with Crippen molar-refractivity contribution in [1.29, 1.82) is 0 Å². The molecule has 0 saturated heterocycles. The maximum Gasteiger partial charge on any atom is 0.305 e. The molecule has 0 aliphatic heterocycles. The fourth-order valence-corrected chi connectivity index (χ4v) is 2.01. The highest BCUT2D eigenvalue weighted by Gasteiger charge is 2.18. The Labute approximate surface area is 118 Å². The van der Waals surface area contributed by atoms with Crippen LogP contribution in [0.3, 0.4) is 0 Å². The summed E-state index contributed by atoms with van der Waals surface area (Å²) in [7, 11) is 0. The van der Waals surface area contributed by atoms with E-state index in [9.17, 15) is 18.0 Å². The second-order valence-electron chi connectivity index (χ2n) is 4.67. The van der Waals surface area contributed by atoms with Gasteiger partial charge in [-0.1, -0.05) is 18.2 Å². The molecule has 21 heavy (non-hydrogen) atoms. The van der Waals surface area contributed by atoms with E-state index in [0.29, 0.717) is 5.56 Å². The Morgan fingerprint density at radius 1 is 1.43 bits per heavy atom. The molecule has 1 N–H and O–H groups in total. The zero-order valence-corrected chi connectivity index (χ0v) is 11.1. The van der Waals surface area contributed by atoms with Crippen LogP contribution in [0.1, 0.15) is 31.4 Å². The Morgan fingerprint density at radius 2 is 2.14 bits per heavy atom. The van der Waals surface area contributed by atoms with Gasteiger partial charge in [0.15, 0.2) is 0 Å². The highest BCUT2D eigenvalue weighted by atomic mass is 19.3. The largest absolute Gasteiger partial charge is 0.481 e. The average Bonchev–Trinajstić information content (AvgIpc) is 2.87. The van der Waals surface area contributed by atoms with Gasteiger partial charge in [0.2, 0.25) is 0 Å². The summed E-state index contributed by atoms with van der Waals surface area (Å²) in [6, 6.07) is 3.33. The lowest BCUT2D eigenvalue weighted by molar-refractivity contribution is -0.137. The van der Waals surface area contributed by atoms with Crippen molar-refractivity contribution in [2.45, 2.75) is 25.8 Å². The molecule has 1 atom stereocenters. The first-order chi connectivity index (χ1) is 9.90. The second-order valence-corrected chi connectivity index (χ2v) is 4.67. The van der Waals surface area contributed by atoms with E-state index in [1.54, 1.807) is 6.92 Å². The number of alkyl halides is 2. The highest BCUT2D eigenvalue weighted by molar-refractivity contribution is 5.67. The Kier molecular flexibility index (Phi) is 4.30. The summed E-state index contributed by atoms with van der Waals surface area (Å²) in [6.45, 7) is 1.65. The molecule has 1 unspecified atom stereocenters. The summed E-state index contributed by atoms with van der Waals surface area (Å²) in [6.07, 6.45) is -0.264. The summed E-state index contributed by atoms with van der Waals surface area (Å²) in [5, 5.41) is 12.7. The normalized spacial score (nSPS) is 12.6. The Bertz CT molecular complexity index is 655. The molecular formula is C14H13F3N2O2. The molecule has 0 radical (unpaired) electrons. The number of carboxylic acids is 1. The van der Waals surface area contributed by atoms with Gasteiger partial charge in [-0.25, -0.2) is 13.2 Å². The number of aliphatic carboxylic acids is 1. The number of carboxylic acid groups (broad SMARTS) is 1. The van der Waals surface area contributed by atoms with Gasteiger partial charge in [0, 0.05) is 17.3 Å². The topological polar surface area (TPSA) is 55.1 Å². The average molecular weight is 298 g/mol. The zero-order valence-electron chi connectivity index (χ0n) is 11.1. The first-order valence-electron chi connectivity index (χ1n) is 6.23. The Balaban J connectivity index is 2.34. The summed E-state index contributed by atoms with van der Waals surface area (Å²) < 4.78 is 40.7. The number of rotatable bonds is 5. The maximum absolute atomic E-state index is 14.0. The molecule has 0 spiro atoms. The monoisotopic (exact) mass is 298 g/mol. The number of benzene rings is 1. The van der Waals surface area contributed by atoms with Crippen molar-refractivity contribution < 1.29 is 23.1 Å². The van der Waals surface area contributed by atoms with Gasteiger partial charge in [-0.3, -0.25) is 9.48 Å². The SMILES string of the molecule is CC(CC(=O)O)n1cc(-c2cccc(C(F)F)c2F)cn1. The predicted octanol–water partition coefficient (Wildman–Crippen LogP) is 3.66. The molecule has 0 saturated carbocycles. The van der Waals surface area contributed by atoms with Crippen molar-refractivity contribution in [2.24, 2.45) is 0 Å². The van der Waals surface area contributed by atoms with Gasteiger partial charge in [0.25, 0.3) is 6.43 Å². The van der Waals surface area contributed by atoms with E-state index in [-0.39, 0.29) is 12.0 Å². The van der Waals surface area contributed by atoms with Gasteiger partial charge in [-0.05, 0) is 6.92 Å². The molecule has 2 rings (SSSR count). The summed E-state index contributed by atoms with van der Waals surface area (Å²) in [4.78, 5) is 10.6. The third kappa shape index (κ3) is 3.24. The van der Waals surface area contributed by atoms with E-state index >= 15 is 0 Å². The van der Waals surface area contributed by atoms with Crippen LogP contribution in [0.25, 0.3) is 11.1 Å². The zero-order chi connectivity index (χ0) is 15.6. The lowest BCUT2D eigenvalue weighted by atomic mass is 10.1. The quantitative estimate of drug-likeness (QED) is 0.916. The van der Waals surface area contributed by atoms with Crippen molar-refractivity contribution in [2.75, 3.05) is 0 Å². The third-order valence-electron chi connectivity index (χ3n) is 3.10. The van der Waals surface area contributed by atoms with Gasteiger partial charge in [-0.15, -0.1) is 0 Å². The van der Waals surface area contributed by atoms with Gasteiger partial charge in [-0.2, -0.15) is 5.10 Å². The molecule has 1 heterocycles. The van der Waals surface area contributed by atoms with Crippen LogP contribution >= 0.6 is 0 Å². The molecule has 1 aromatic carbocycles. The maximum atomic E-state index is 14.0. The van der Waals surface area contributed by atoms with Gasteiger partial charge >= 0.3 is 5.97 Å². The standard InChI is InChI=1S/C14H13F3N2O2/c1-8(5-12(20)21)19-7-9(6-18-19)10-3-2-4-11(13(10)15)14(16)17/h2-4,6-8,14H,5H2,1H3,(H,20,21). The molecule has 0 bridgehead atoms. The van der Waals surface area contributed by atoms with Crippen LogP contribution < -0.4 is 0 Å². The number of nitrogens with zero attached hydrogens (tertiary/aromatic N) is 2. The second kappa shape index (κ2) is 5.99. The van der Waals surface area contributed by atoms with Crippen LogP contribution in [-0.4, -0.2) is 20.9 Å². The highest BCUT2D eigenvalue weighted by Crippen LogP contribution is 2.30. The van der Waals surface area contributed by atoms with Crippen molar-refractivity contribution >= 4 is 5.97 Å². The molecular weight excluding hydrogens is 285 g/mol. The minimum atomic E-state index is -2.90. The third-order valence-corrected chi connectivity index (χ3v) is 3.10. The summed E-state index contributed by atoms with van der Waals surface area (Å²) in [5.41, 5.74) is -0.326. The number of hydrogen-bond donors (Lipinski definition) is 1. The number of hydrogen-bond acceptors (Lipinski definition) is 2. The molecule has 1 aromatic heterocycles. The Morgan fingerprint density at radius 3 is 2.76 bits per heavy atom. The minimum absolute atomic E-state index is 0.0153. The molecule has 0 aliphatic carbocycles. The molecule has 0 aliphatic rings. The van der Waals surface area contributed by atoms with Crippen molar-refractivity contribution in [3.63, 3.8) is 0 Å². The number of carbonyl (C=O) groups is 1. The smallest absolute Gasteiger partial charge is 0.305 e. The van der Waals surface area contributed by atoms with Gasteiger partial charge in [0.1, 0.15) is 5.82 Å². The van der Waals surface area contributed by atoms with E-state index in [1.165, 1.54) is 29.2 Å². The molecule has 0 fully saturated rings.